The molecule has 1 fully saturated rings. The Balaban J connectivity index is 1.53. The van der Waals surface area contributed by atoms with Crippen LogP contribution in [0.1, 0.15) is 36.4 Å². The first-order chi connectivity index (χ1) is 13.9. The largest absolute Gasteiger partial charge is 0.466 e. The van der Waals surface area contributed by atoms with Crippen LogP contribution in [-0.2, 0) is 10.0 Å². The average molecular weight is 415 g/mol. The van der Waals surface area contributed by atoms with E-state index in [0.29, 0.717) is 32.4 Å². The number of nitrogens with zero attached hydrogens (tertiary/aromatic N) is 3. The number of para-hydroxylation sites is 1. The number of hydrogen-bond acceptors (Lipinski definition) is 5. The van der Waals surface area contributed by atoms with Crippen LogP contribution in [0.4, 0.5) is 4.39 Å². The molecule has 152 valence electrons. The lowest BCUT2D eigenvalue weighted by Crippen LogP contribution is -2.59. The van der Waals surface area contributed by atoms with Crippen LogP contribution < -0.4 is 4.74 Å². The van der Waals surface area contributed by atoms with Crippen molar-refractivity contribution in [1.82, 2.24) is 9.31 Å². The molecule has 6 nitrogen and oxygen atoms in total. The van der Waals surface area contributed by atoms with Crippen LogP contribution in [-0.4, -0.2) is 48.5 Å². The molecule has 0 saturated carbocycles. The van der Waals surface area contributed by atoms with Crippen molar-refractivity contribution in [2.24, 2.45) is 5.10 Å². The molecule has 0 N–H and O–H groups in total. The minimum absolute atomic E-state index is 0.0183. The molecule has 3 aliphatic rings. The molecule has 29 heavy (non-hydrogen) atoms. The highest BCUT2D eigenvalue weighted by molar-refractivity contribution is 7.88. The van der Waals surface area contributed by atoms with Gasteiger partial charge in [-0.25, -0.2) is 22.1 Å². The van der Waals surface area contributed by atoms with E-state index < -0.39 is 15.7 Å². The number of rotatable bonds is 2. The smallest absolute Gasteiger partial charge is 0.211 e. The lowest BCUT2D eigenvalue weighted by Gasteiger charge is -2.50. The first-order valence-corrected chi connectivity index (χ1v) is 11.6. The van der Waals surface area contributed by atoms with Gasteiger partial charge in [0.2, 0.25) is 15.7 Å². The molecule has 1 saturated heterocycles. The van der Waals surface area contributed by atoms with Crippen LogP contribution in [0.25, 0.3) is 0 Å². The Morgan fingerprint density at radius 3 is 2.48 bits per heavy atom. The normalized spacial score (nSPS) is 23.3. The molecule has 2 aromatic carbocycles. The highest BCUT2D eigenvalue weighted by atomic mass is 32.2. The van der Waals surface area contributed by atoms with Gasteiger partial charge in [0.25, 0.3) is 0 Å². The van der Waals surface area contributed by atoms with Gasteiger partial charge in [-0.2, -0.15) is 5.10 Å². The van der Waals surface area contributed by atoms with Crippen molar-refractivity contribution in [3.63, 3.8) is 0 Å². The first-order valence-electron chi connectivity index (χ1n) is 9.72. The molecule has 0 aliphatic carbocycles. The van der Waals surface area contributed by atoms with Crippen molar-refractivity contribution in [2.75, 3.05) is 19.3 Å². The Morgan fingerprint density at radius 1 is 1.10 bits per heavy atom. The maximum Gasteiger partial charge on any atom is 0.211 e. The molecule has 0 bridgehead atoms. The maximum atomic E-state index is 13.4. The second-order valence-electron chi connectivity index (χ2n) is 7.87. The van der Waals surface area contributed by atoms with Crippen molar-refractivity contribution in [3.8, 4) is 5.75 Å². The summed E-state index contributed by atoms with van der Waals surface area (Å²) in [7, 11) is -3.23. The van der Waals surface area contributed by atoms with Crippen LogP contribution in [0.15, 0.2) is 53.6 Å². The molecule has 5 rings (SSSR count). The number of halogens is 1. The minimum Gasteiger partial charge on any atom is -0.466 e. The van der Waals surface area contributed by atoms with Gasteiger partial charge in [-0.3, -0.25) is 0 Å². The van der Waals surface area contributed by atoms with Gasteiger partial charge in [0.05, 0.1) is 18.0 Å². The second-order valence-corrected chi connectivity index (χ2v) is 9.85. The summed E-state index contributed by atoms with van der Waals surface area (Å²) in [5, 5.41) is 6.93. The van der Waals surface area contributed by atoms with Gasteiger partial charge in [-0.05, 0) is 23.8 Å². The molecule has 3 heterocycles. The molecule has 0 unspecified atom stereocenters. The molecule has 0 radical (unpaired) electrons. The quantitative estimate of drug-likeness (QED) is 0.756. The lowest BCUT2D eigenvalue weighted by atomic mass is 9.91. The van der Waals surface area contributed by atoms with Crippen molar-refractivity contribution in [3.05, 3.63) is 65.5 Å². The van der Waals surface area contributed by atoms with Crippen molar-refractivity contribution in [2.45, 2.75) is 31.0 Å². The summed E-state index contributed by atoms with van der Waals surface area (Å²) in [5.41, 5.74) is 2.17. The van der Waals surface area contributed by atoms with E-state index in [9.17, 15) is 12.8 Å². The Hall–Kier alpha value is -2.45. The summed E-state index contributed by atoms with van der Waals surface area (Å²) in [4.78, 5) is 0. The van der Waals surface area contributed by atoms with Crippen LogP contribution >= 0.6 is 0 Å². The molecule has 1 atom stereocenters. The number of fused-ring (bicyclic) bond motifs is 4. The monoisotopic (exact) mass is 415 g/mol. The third kappa shape index (κ3) is 3.11. The predicted octanol–water partition coefficient (Wildman–Crippen LogP) is 3.12. The SMILES string of the molecule is CS(=O)(=O)N1CCC2(CC1)Oc1ccccc1[C@@H]1CC(c3ccc(F)cc3)=NN12. The molecule has 3 aliphatic heterocycles. The molecule has 1 spiro atoms. The van der Waals surface area contributed by atoms with Gasteiger partial charge < -0.3 is 4.74 Å². The van der Waals surface area contributed by atoms with Gasteiger partial charge in [0.1, 0.15) is 11.6 Å². The molecule has 8 heteroatoms. The van der Waals surface area contributed by atoms with E-state index in [4.69, 9.17) is 9.84 Å². The van der Waals surface area contributed by atoms with E-state index in [0.717, 1.165) is 22.6 Å². The molecular formula is C21H22FN3O3S. The fraction of sp³-hybridized carbons (Fsp3) is 0.381. The summed E-state index contributed by atoms with van der Waals surface area (Å²) in [6.45, 7) is 0.789. The zero-order valence-electron chi connectivity index (χ0n) is 16.1. The highest BCUT2D eigenvalue weighted by Gasteiger charge is 2.52. The fourth-order valence-corrected chi connectivity index (χ4v) is 5.39. The van der Waals surface area contributed by atoms with Gasteiger partial charge in [0, 0.05) is 37.9 Å². The standard InChI is InChI=1S/C21H22FN3O3S/c1-29(26,27)24-12-10-21(11-13-24)25-19(17-4-2-3-5-20(17)28-21)14-18(23-25)15-6-8-16(22)9-7-15/h2-9,19H,10-14H2,1H3/t19-/m0/s1. The number of hydrogen-bond donors (Lipinski definition) is 0. The second kappa shape index (κ2) is 6.53. The van der Waals surface area contributed by atoms with E-state index in [1.54, 1.807) is 12.1 Å². The number of piperidine rings is 1. The summed E-state index contributed by atoms with van der Waals surface area (Å²) in [6, 6.07) is 14.4. The maximum absolute atomic E-state index is 13.4. The van der Waals surface area contributed by atoms with E-state index in [2.05, 4.69) is 6.07 Å². The summed E-state index contributed by atoms with van der Waals surface area (Å²) in [5.74, 6) is 0.556. The van der Waals surface area contributed by atoms with Gasteiger partial charge in [-0.1, -0.05) is 30.3 Å². The number of ether oxygens (including phenoxy) is 1. The Bertz CT molecular complexity index is 1080. The first kappa shape index (κ1) is 18.6. The van der Waals surface area contributed by atoms with Crippen LogP contribution in [0.2, 0.25) is 0 Å². The Morgan fingerprint density at radius 2 is 1.79 bits per heavy atom. The van der Waals surface area contributed by atoms with Crippen LogP contribution in [0.5, 0.6) is 5.75 Å². The topological polar surface area (TPSA) is 62.2 Å². The predicted molar refractivity (Wildman–Crippen MR) is 108 cm³/mol. The zero-order valence-corrected chi connectivity index (χ0v) is 16.9. The Labute approximate surface area is 169 Å². The van der Waals surface area contributed by atoms with E-state index >= 15 is 0 Å². The fourth-order valence-electron chi connectivity index (χ4n) is 4.54. The van der Waals surface area contributed by atoms with Crippen molar-refractivity contribution < 1.29 is 17.5 Å². The summed E-state index contributed by atoms with van der Waals surface area (Å²) >= 11 is 0. The molecule has 0 amide bonds. The van der Waals surface area contributed by atoms with Crippen LogP contribution in [0.3, 0.4) is 0 Å². The summed E-state index contributed by atoms with van der Waals surface area (Å²) < 4.78 is 45.3. The van der Waals surface area contributed by atoms with E-state index in [1.807, 2.05) is 23.2 Å². The Kier molecular flexibility index (Phi) is 4.18. The third-order valence-corrected chi connectivity index (χ3v) is 7.36. The van der Waals surface area contributed by atoms with Crippen molar-refractivity contribution >= 4 is 15.7 Å². The van der Waals surface area contributed by atoms with Gasteiger partial charge in [-0.15, -0.1) is 0 Å². The number of benzene rings is 2. The van der Waals surface area contributed by atoms with Gasteiger partial charge >= 0.3 is 0 Å². The molecule has 0 aromatic heterocycles. The van der Waals surface area contributed by atoms with E-state index in [1.165, 1.54) is 22.7 Å². The highest BCUT2D eigenvalue weighted by Crippen LogP contribution is 2.50. The van der Waals surface area contributed by atoms with E-state index in [-0.39, 0.29) is 11.9 Å². The van der Waals surface area contributed by atoms with Crippen molar-refractivity contribution in [1.29, 1.82) is 0 Å². The average Bonchev–Trinajstić information content (AvgIpc) is 3.15. The minimum atomic E-state index is -3.23. The molecule has 2 aromatic rings. The zero-order chi connectivity index (χ0) is 20.2. The number of hydrazone groups is 1. The van der Waals surface area contributed by atoms with Gasteiger partial charge in [0.15, 0.2) is 0 Å². The lowest BCUT2D eigenvalue weighted by molar-refractivity contribution is -0.143. The molecular weight excluding hydrogens is 393 g/mol. The summed E-state index contributed by atoms with van der Waals surface area (Å²) in [6.07, 6.45) is 3.01. The third-order valence-electron chi connectivity index (χ3n) is 6.06. The number of sulfonamides is 1. The van der Waals surface area contributed by atoms with Crippen LogP contribution in [0, 0.1) is 5.82 Å².